The lowest BCUT2D eigenvalue weighted by atomic mass is 9.81. The van der Waals surface area contributed by atoms with Gasteiger partial charge in [0.05, 0.1) is 0 Å². The molecule has 0 aliphatic rings. The Labute approximate surface area is 75.5 Å². The van der Waals surface area contributed by atoms with Crippen LogP contribution in [0.15, 0.2) is 0 Å². The minimum absolute atomic E-state index is 0.269. The molecule has 2 N–H and O–H groups in total. The second-order valence-corrected chi connectivity index (χ2v) is 3.65. The molecule has 1 atom stereocenters. The number of unbranched alkanes of at least 4 members (excludes halogenated alkanes) is 1. The fourth-order valence-corrected chi connectivity index (χ4v) is 1.09. The zero-order chi connectivity index (χ0) is 9.61. The molecule has 0 saturated carbocycles. The first-order chi connectivity index (χ1) is 5.60. The Hall–Kier alpha value is -0.370. The minimum Gasteiger partial charge on any atom is -0.329 e. The van der Waals surface area contributed by atoms with Crippen LogP contribution in [0.25, 0.3) is 0 Å². The highest BCUT2D eigenvalue weighted by molar-refractivity contribution is 5.84. The van der Waals surface area contributed by atoms with Crippen LogP contribution >= 0.6 is 0 Å². The van der Waals surface area contributed by atoms with E-state index in [9.17, 15) is 4.79 Å². The van der Waals surface area contributed by atoms with Gasteiger partial charge in [-0.1, -0.05) is 27.2 Å². The Morgan fingerprint density at radius 3 is 2.33 bits per heavy atom. The number of Topliss-reactive ketones (excluding diaryl/α,β-unsaturated/α-hetero) is 1. The Morgan fingerprint density at radius 2 is 2.00 bits per heavy atom. The van der Waals surface area contributed by atoms with E-state index in [-0.39, 0.29) is 5.41 Å². The average molecular weight is 171 g/mol. The summed E-state index contributed by atoms with van der Waals surface area (Å²) in [6.45, 7) is 6.56. The lowest BCUT2D eigenvalue weighted by Crippen LogP contribution is -2.35. The van der Waals surface area contributed by atoms with E-state index in [1.54, 1.807) is 0 Å². The van der Waals surface area contributed by atoms with Gasteiger partial charge >= 0.3 is 0 Å². The summed E-state index contributed by atoms with van der Waals surface area (Å²) in [5.41, 5.74) is 5.30. The van der Waals surface area contributed by atoms with E-state index < -0.39 is 0 Å². The van der Waals surface area contributed by atoms with Crippen molar-refractivity contribution in [3.63, 3.8) is 0 Å². The van der Waals surface area contributed by atoms with Crippen LogP contribution in [0, 0.1) is 5.41 Å². The van der Waals surface area contributed by atoms with Gasteiger partial charge in [0, 0.05) is 18.4 Å². The summed E-state index contributed by atoms with van der Waals surface area (Å²) >= 11 is 0. The molecular weight excluding hydrogens is 150 g/mol. The van der Waals surface area contributed by atoms with Crippen LogP contribution in [0.1, 0.15) is 46.5 Å². The van der Waals surface area contributed by atoms with Crippen molar-refractivity contribution in [2.24, 2.45) is 11.1 Å². The number of ketones is 1. The van der Waals surface area contributed by atoms with E-state index in [0.717, 1.165) is 19.3 Å². The Balaban J connectivity index is 4.03. The van der Waals surface area contributed by atoms with Crippen molar-refractivity contribution in [2.45, 2.75) is 46.5 Å². The van der Waals surface area contributed by atoms with Crippen LogP contribution in [-0.2, 0) is 4.79 Å². The summed E-state index contributed by atoms with van der Waals surface area (Å²) < 4.78 is 0. The predicted molar refractivity (Wildman–Crippen MR) is 52.0 cm³/mol. The average Bonchev–Trinajstić information content (AvgIpc) is 2.12. The zero-order valence-electron chi connectivity index (χ0n) is 8.52. The van der Waals surface area contributed by atoms with E-state index >= 15 is 0 Å². The van der Waals surface area contributed by atoms with Gasteiger partial charge in [-0.25, -0.2) is 0 Å². The third-order valence-corrected chi connectivity index (χ3v) is 2.66. The van der Waals surface area contributed by atoms with Gasteiger partial charge < -0.3 is 5.73 Å². The van der Waals surface area contributed by atoms with Crippen molar-refractivity contribution < 1.29 is 4.79 Å². The van der Waals surface area contributed by atoms with E-state index in [1.807, 2.05) is 13.8 Å². The molecule has 0 saturated heterocycles. The molecule has 0 aliphatic heterocycles. The van der Waals surface area contributed by atoms with Gasteiger partial charge in [-0.05, 0) is 12.8 Å². The fraction of sp³-hybridized carbons (Fsp3) is 0.900. The molecule has 0 heterocycles. The molecule has 0 rings (SSSR count). The standard InChI is InChI=1S/C10H21NO/c1-4-6-7-9(12)10(3,5-2)8-11/h4-8,11H2,1-3H3. The van der Waals surface area contributed by atoms with E-state index in [2.05, 4.69) is 6.92 Å². The molecule has 0 aromatic heterocycles. The molecule has 0 aromatic rings. The van der Waals surface area contributed by atoms with Gasteiger partial charge in [-0.2, -0.15) is 0 Å². The number of rotatable bonds is 6. The lowest BCUT2D eigenvalue weighted by molar-refractivity contribution is -0.127. The highest BCUT2D eigenvalue weighted by Gasteiger charge is 2.28. The summed E-state index contributed by atoms with van der Waals surface area (Å²) in [5.74, 6) is 0.328. The predicted octanol–water partition coefficient (Wildman–Crippen LogP) is 2.12. The van der Waals surface area contributed by atoms with Gasteiger partial charge in [0.25, 0.3) is 0 Å². The van der Waals surface area contributed by atoms with Crippen LogP contribution in [0.3, 0.4) is 0 Å². The first-order valence-electron chi connectivity index (χ1n) is 4.84. The molecule has 2 nitrogen and oxygen atoms in total. The number of carbonyl (C=O) groups is 1. The van der Waals surface area contributed by atoms with Crippen molar-refractivity contribution in [1.29, 1.82) is 0 Å². The second-order valence-electron chi connectivity index (χ2n) is 3.65. The molecule has 0 aliphatic carbocycles. The van der Waals surface area contributed by atoms with Crippen LogP contribution in [-0.4, -0.2) is 12.3 Å². The van der Waals surface area contributed by atoms with Gasteiger partial charge in [0.1, 0.15) is 5.78 Å². The van der Waals surface area contributed by atoms with Crippen molar-refractivity contribution in [3.05, 3.63) is 0 Å². The second kappa shape index (κ2) is 5.31. The first-order valence-corrected chi connectivity index (χ1v) is 4.84. The highest BCUT2D eigenvalue weighted by Crippen LogP contribution is 2.23. The molecule has 0 spiro atoms. The van der Waals surface area contributed by atoms with E-state index in [1.165, 1.54) is 0 Å². The molecular formula is C10H21NO. The molecule has 0 amide bonds. The largest absolute Gasteiger partial charge is 0.329 e. The van der Waals surface area contributed by atoms with Crippen LogP contribution in [0.5, 0.6) is 0 Å². The van der Waals surface area contributed by atoms with Crippen molar-refractivity contribution in [3.8, 4) is 0 Å². The van der Waals surface area contributed by atoms with Gasteiger partial charge in [-0.3, -0.25) is 4.79 Å². The third-order valence-electron chi connectivity index (χ3n) is 2.66. The van der Waals surface area contributed by atoms with Crippen LogP contribution in [0.4, 0.5) is 0 Å². The summed E-state index contributed by atoms with van der Waals surface area (Å²) in [4.78, 5) is 11.6. The first kappa shape index (κ1) is 11.6. The maximum Gasteiger partial charge on any atom is 0.140 e. The minimum atomic E-state index is -0.269. The zero-order valence-corrected chi connectivity index (χ0v) is 8.52. The maximum absolute atomic E-state index is 11.6. The number of hydrogen-bond donors (Lipinski definition) is 1. The summed E-state index contributed by atoms with van der Waals surface area (Å²) in [6, 6.07) is 0. The molecule has 12 heavy (non-hydrogen) atoms. The number of nitrogens with two attached hydrogens (primary N) is 1. The molecule has 72 valence electrons. The van der Waals surface area contributed by atoms with Crippen LogP contribution < -0.4 is 5.73 Å². The Bertz CT molecular complexity index is 139. The van der Waals surface area contributed by atoms with Crippen molar-refractivity contribution >= 4 is 5.78 Å². The van der Waals surface area contributed by atoms with E-state index in [0.29, 0.717) is 18.7 Å². The van der Waals surface area contributed by atoms with Gasteiger partial charge in [0.15, 0.2) is 0 Å². The Morgan fingerprint density at radius 1 is 1.42 bits per heavy atom. The molecule has 0 radical (unpaired) electrons. The number of hydrogen-bond acceptors (Lipinski definition) is 2. The third kappa shape index (κ3) is 2.94. The van der Waals surface area contributed by atoms with Crippen molar-refractivity contribution in [2.75, 3.05) is 6.54 Å². The fourth-order valence-electron chi connectivity index (χ4n) is 1.09. The highest BCUT2D eigenvalue weighted by atomic mass is 16.1. The SMILES string of the molecule is CCCCC(=O)C(C)(CC)CN. The smallest absolute Gasteiger partial charge is 0.140 e. The van der Waals surface area contributed by atoms with Crippen LogP contribution in [0.2, 0.25) is 0 Å². The van der Waals surface area contributed by atoms with E-state index in [4.69, 9.17) is 5.73 Å². The monoisotopic (exact) mass is 171 g/mol. The summed E-state index contributed by atoms with van der Waals surface area (Å²) in [7, 11) is 0. The molecule has 2 heteroatoms. The molecule has 1 unspecified atom stereocenters. The summed E-state index contributed by atoms with van der Waals surface area (Å²) in [6.07, 6.45) is 3.62. The topological polar surface area (TPSA) is 43.1 Å². The van der Waals surface area contributed by atoms with Gasteiger partial charge in [0.2, 0.25) is 0 Å². The van der Waals surface area contributed by atoms with Gasteiger partial charge in [-0.15, -0.1) is 0 Å². The maximum atomic E-state index is 11.6. The normalized spacial score (nSPS) is 15.7. The Kier molecular flexibility index (Phi) is 5.14. The number of carbonyl (C=O) groups excluding carboxylic acids is 1. The lowest BCUT2D eigenvalue weighted by Gasteiger charge is -2.24. The quantitative estimate of drug-likeness (QED) is 0.665. The molecule has 0 aromatic carbocycles. The molecule has 0 fully saturated rings. The van der Waals surface area contributed by atoms with Crippen molar-refractivity contribution in [1.82, 2.24) is 0 Å². The summed E-state index contributed by atoms with van der Waals surface area (Å²) in [5, 5.41) is 0. The molecule has 0 bridgehead atoms.